The van der Waals surface area contributed by atoms with E-state index in [-0.39, 0.29) is 5.75 Å². The summed E-state index contributed by atoms with van der Waals surface area (Å²) in [6.07, 6.45) is 0.579. The van der Waals surface area contributed by atoms with Crippen LogP contribution in [-0.2, 0) is 0 Å². The topological polar surface area (TPSA) is 42.2 Å². The second kappa shape index (κ2) is 7.25. The molecule has 2 aromatic rings. The van der Waals surface area contributed by atoms with Crippen molar-refractivity contribution < 1.29 is 18.3 Å². The van der Waals surface area contributed by atoms with E-state index in [2.05, 4.69) is 0 Å². The van der Waals surface area contributed by atoms with E-state index in [9.17, 15) is 8.78 Å². The molecule has 2 rings (SSSR count). The predicted molar refractivity (Wildman–Crippen MR) is 73.1 cm³/mol. The Bertz CT molecular complexity index is 653. The van der Waals surface area contributed by atoms with Gasteiger partial charge < -0.3 is 9.47 Å². The molecule has 0 aromatic heterocycles. The van der Waals surface area contributed by atoms with E-state index >= 15 is 0 Å². The Morgan fingerprint density at radius 2 is 1.62 bits per heavy atom. The molecule has 0 fully saturated rings. The Morgan fingerprint density at radius 3 is 2.29 bits per heavy atom. The molecule has 21 heavy (non-hydrogen) atoms. The van der Waals surface area contributed by atoms with E-state index < -0.39 is 11.6 Å². The molecule has 108 valence electrons. The highest BCUT2D eigenvalue weighted by Gasteiger charge is 2.03. The Kier molecular flexibility index (Phi) is 5.10. The largest absolute Gasteiger partial charge is 0.493 e. The minimum absolute atomic E-state index is 0.278. The van der Waals surface area contributed by atoms with Crippen molar-refractivity contribution in [2.24, 2.45) is 0 Å². The van der Waals surface area contributed by atoms with Gasteiger partial charge >= 0.3 is 0 Å². The zero-order valence-corrected chi connectivity index (χ0v) is 11.2. The smallest absolute Gasteiger partial charge is 0.162 e. The molecule has 0 aliphatic rings. The van der Waals surface area contributed by atoms with Gasteiger partial charge in [-0.2, -0.15) is 5.26 Å². The molecule has 0 N–H and O–H groups in total. The molecule has 0 radical (unpaired) electrons. The van der Waals surface area contributed by atoms with Crippen molar-refractivity contribution in [1.82, 2.24) is 0 Å². The number of rotatable bonds is 6. The zero-order chi connectivity index (χ0) is 15.1. The van der Waals surface area contributed by atoms with E-state index in [4.69, 9.17) is 14.7 Å². The summed E-state index contributed by atoms with van der Waals surface area (Å²) in [7, 11) is 0. The molecule has 0 saturated carbocycles. The summed E-state index contributed by atoms with van der Waals surface area (Å²) < 4.78 is 36.4. The van der Waals surface area contributed by atoms with E-state index in [1.807, 2.05) is 6.07 Å². The Hall–Kier alpha value is -2.61. The van der Waals surface area contributed by atoms with Gasteiger partial charge in [-0.05, 0) is 30.3 Å². The number of nitriles is 1. The van der Waals surface area contributed by atoms with Crippen molar-refractivity contribution in [3.05, 3.63) is 59.7 Å². The third-order valence-corrected chi connectivity index (χ3v) is 2.68. The summed E-state index contributed by atoms with van der Waals surface area (Å²) >= 11 is 0. The molecule has 0 saturated heterocycles. The van der Waals surface area contributed by atoms with Crippen molar-refractivity contribution in [3.8, 4) is 17.6 Å². The van der Waals surface area contributed by atoms with Crippen molar-refractivity contribution in [2.75, 3.05) is 13.2 Å². The lowest BCUT2D eigenvalue weighted by atomic mass is 10.2. The Labute approximate surface area is 121 Å². The standard InChI is InChI=1S/C16H13F2NO2/c17-15-6-5-14(10-16(15)18)21-8-2-7-20-13-4-1-3-12(9-13)11-19/h1,3-6,9-10H,2,7-8H2. The van der Waals surface area contributed by atoms with Gasteiger partial charge in [0.2, 0.25) is 0 Å². The lowest BCUT2D eigenvalue weighted by Gasteiger charge is -2.08. The number of hydrogen-bond acceptors (Lipinski definition) is 3. The second-order valence-electron chi connectivity index (χ2n) is 4.27. The average Bonchev–Trinajstić information content (AvgIpc) is 2.50. The predicted octanol–water partition coefficient (Wildman–Crippen LogP) is 3.68. The number of halogens is 2. The van der Waals surface area contributed by atoms with E-state index in [0.717, 1.165) is 12.1 Å². The first-order valence-electron chi connectivity index (χ1n) is 6.40. The van der Waals surface area contributed by atoms with Crippen molar-refractivity contribution >= 4 is 0 Å². The lowest BCUT2D eigenvalue weighted by molar-refractivity contribution is 0.246. The van der Waals surface area contributed by atoms with Crippen LogP contribution >= 0.6 is 0 Å². The van der Waals surface area contributed by atoms with Gasteiger partial charge in [0.25, 0.3) is 0 Å². The zero-order valence-electron chi connectivity index (χ0n) is 11.2. The summed E-state index contributed by atoms with van der Waals surface area (Å²) in [4.78, 5) is 0. The van der Waals surface area contributed by atoms with Crippen LogP contribution < -0.4 is 9.47 Å². The number of ether oxygens (including phenoxy) is 2. The number of nitrogens with zero attached hydrogens (tertiary/aromatic N) is 1. The Morgan fingerprint density at radius 1 is 0.905 bits per heavy atom. The normalized spacial score (nSPS) is 9.95. The monoisotopic (exact) mass is 289 g/mol. The van der Waals surface area contributed by atoms with Gasteiger partial charge in [-0.3, -0.25) is 0 Å². The van der Waals surface area contributed by atoms with Gasteiger partial charge in [-0.15, -0.1) is 0 Å². The molecule has 5 heteroatoms. The molecule has 2 aromatic carbocycles. The van der Waals surface area contributed by atoms with Crippen LogP contribution in [0.2, 0.25) is 0 Å². The van der Waals surface area contributed by atoms with Crippen molar-refractivity contribution in [2.45, 2.75) is 6.42 Å². The molecule has 0 bridgehead atoms. The van der Waals surface area contributed by atoms with Crippen LogP contribution in [0.3, 0.4) is 0 Å². The lowest BCUT2D eigenvalue weighted by Crippen LogP contribution is -2.05. The van der Waals surface area contributed by atoms with Gasteiger partial charge in [0, 0.05) is 12.5 Å². The molecule has 0 unspecified atom stereocenters. The molecule has 0 atom stereocenters. The first-order chi connectivity index (χ1) is 10.2. The third kappa shape index (κ3) is 4.46. The van der Waals surface area contributed by atoms with Gasteiger partial charge in [0.05, 0.1) is 24.8 Å². The van der Waals surface area contributed by atoms with Crippen LogP contribution in [0.5, 0.6) is 11.5 Å². The second-order valence-corrected chi connectivity index (χ2v) is 4.27. The number of benzene rings is 2. The number of hydrogen-bond donors (Lipinski definition) is 0. The maximum atomic E-state index is 12.9. The van der Waals surface area contributed by atoms with E-state index in [1.54, 1.807) is 24.3 Å². The van der Waals surface area contributed by atoms with Crippen LogP contribution in [-0.4, -0.2) is 13.2 Å². The third-order valence-electron chi connectivity index (χ3n) is 2.68. The van der Waals surface area contributed by atoms with E-state index in [0.29, 0.717) is 30.9 Å². The molecule has 0 amide bonds. The maximum absolute atomic E-state index is 12.9. The maximum Gasteiger partial charge on any atom is 0.162 e. The molecule has 3 nitrogen and oxygen atoms in total. The molecule has 0 aliphatic heterocycles. The van der Waals surface area contributed by atoms with Gasteiger partial charge in [-0.25, -0.2) is 8.78 Å². The highest BCUT2D eigenvalue weighted by atomic mass is 19.2. The molecular weight excluding hydrogens is 276 g/mol. The summed E-state index contributed by atoms with van der Waals surface area (Å²) in [6, 6.07) is 12.3. The Balaban J connectivity index is 1.72. The van der Waals surface area contributed by atoms with Crippen LogP contribution in [0.1, 0.15) is 12.0 Å². The fourth-order valence-corrected chi connectivity index (χ4v) is 1.66. The van der Waals surface area contributed by atoms with Crippen molar-refractivity contribution in [1.29, 1.82) is 5.26 Å². The van der Waals surface area contributed by atoms with Gasteiger partial charge in [0.15, 0.2) is 11.6 Å². The highest BCUT2D eigenvalue weighted by molar-refractivity contribution is 5.36. The minimum Gasteiger partial charge on any atom is -0.493 e. The first-order valence-corrected chi connectivity index (χ1v) is 6.40. The van der Waals surface area contributed by atoms with Crippen LogP contribution in [0.4, 0.5) is 8.78 Å². The van der Waals surface area contributed by atoms with Crippen LogP contribution in [0, 0.1) is 23.0 Å². The minimum atomic E-state index is -0.933. The van der Waals surface area contributed by atoms with Crippen LogP contribution in [0.25, 0.3) is 0 Å². The quantitative estimate of drug-likeness (QED) is 0.762. The summed E-state index contributed by atoms with van der Waals surface area (Å²) in [5.41, 5.74) is 0.533. The average molecular weight is 289 g/mol. The first kappa shape index (κ1) is 14.8. The highest BCUT2D eigenvalue weighted by Crippen LogP contribution is 2.16. The van der Waals surface area contributed by atoms with Crippen LogP contribution in [0.15, 0.2) is 42.5 Å². The van der Waals surface area contributed by atoms with Crippen molar-refractivity contribution in [3.63, 3.8) is 0 Å². The summed E-state index contributed by atoms with van der Waals surface area (Å²) in [6.45, 7) is 0.724. The van der Waals surface area contributed by atoms with E-state index in [1.165, 1.54) is 6.07 Å². The summed E-state index contributed by atoms with van der Waals surface area (Å²) in [5.74, 6) is -0.942. The fraction of sp³-hybridized carbons (Fsp3) is 0.188. The molecule has 0 heterocycles. The molecular formula is C16H13F2NO2. The van der Waals surface area contributed by atoms with Gasteiger partial charge in [0.1, 0.15) is 11.5 Å². The van der Waals surface area contributed by atoms with Gasteiger partial charge in [-0.1, -0.05) is 6.07 Å². The molecule has 0 aliphatic carbocycles. The summed E-state index contributed by atoms with van der Waals surface area (Å²) in [5, 5.41) is 8.76. The SMILES string of the molecule is N#Cc1cccc(OCCCOc2ccc(F)c(F)c2)c1. The molecule has 0 spiro atoms. The fourth-order valence-electron chi connectivity index (χ4n) is 1.66.